The molecule has 3 aromatic rings. The molecular weight excluding hydrogens is 324 g/mol. The molecule has 0 saturated heterocycles. The fraction of sp³-hybridized carbons (Fsp3) is 0.182. The number of fused-ring (bicyclic) bond motifs is 2. The van der Waals surface area contributed by atoms with Crippen molar-refractivity contribution in [2.75, 3.05) is 0 Å². The monoisotopic (exact) mass is 344 g/mol. The molecule has 0 bridgehead atoms. The summed E-state index contributed by atoms with van der Waals surface area (Å²) in [7, 11) is 0. The minimum Gasteiger partial charge on any atom is -0.448 e. The Kier molecular flexibility index (Phi) is 3.96. The number of para-hydroxylation sites is 2. The van der Waals surface area contributed by atoms with E-state index >= 15 is 0 Å². The number of nitrogens with zero attached hydrogens (tertiary/aromatic N) is 2. The summed E-state index contributed by atoms with van der Waals surface area (Å²) in [5.41, 5.74) is 3.29. The predicted molar refractivity (Wildman–Crippen MR) is 103 cm³/mol. The average molecular weight is 344 g/mol. The van der Waals surface area contributed by atoms with Crippen molar-refractivity contribution in [3.63, 3.8) is 0 Å². The van der Waals surface area contributed by atoms with Gasteiger partial charge in [-0.25, -0.2) is 0 Å². The highest BCUT2D eigenvalue weighted by atomic mass is 16.6. The minimum atomic E-state index is 0.153. The molecule has 1 aliphatic rings. The molecule has 1 aliphatic heterocycles. The van der Waals surface area contributed by atoms with E-state index in [0.717, 1.165) is 5.56 Å². The van der Waals surface area contributed by atoms with Gasteiger partial charge in [0.15, 0.2) is 17.2 Å². The van der Waals surface area contributed by atoms with Crippen LogP contribution in [-0.2, 0) is 5.41 Å². The fourth-order valence-corrected chi connectivity index (χ4v) is 2.72. The van der Waals surface area contributed by atoms with Gasteiger partial charge in [-0.05, 0) is 34.8 Å². The van der Waals surface area contributed by atoms with Crippen molar-refractivity contribution in [1.82, 2.24) is 10.2 Å². The van der Waals surface area contributed by atoms with Gasteiger partial charge >= 0.3 is 0 Å². The van der Waals surface area contributed by atoms with Crippen molar-refractivity contribution in [3.8, 4) is 23.1 Å². The lowest BCUT2D eigenvalue weighted by Crippen LogP contribution is -2.10. The number of hydrogen-bond donors (Lipinski definition) is 0. The Hall–Kier alpha value is -3.14. The maximum Gasteiger partial charge on any atom is 0.282 e. The summed E-state index contributed by atoms with van der Waals surface area (Å²) < 4.78 is 11.6. The first-order valence-corrected chi connectivity index (χ1v) is 8.60. The molecule has 0 saturated carbocycles. The molecule has 0 unspecified atom stereocenters. The van der Waals surface area contributed by atoms with Crippen LogP contribution in [0.2, 0.25) is 0 Å². The highest BCUT2D eigenvalue weighted by Gasteiger charge is 2.20. The lowest BCUT2D eigenvalue weighted by atomic mass is 9.87. The Labute approximate surface area is 153 Å². The second-order valence-corrected chi connectivity index (χ2v) is 7.29. The second-order valence-electron chi connectivity index (χ2n) is 7.29. The molecule has 0 fully saturated rings. The van der Waals surface area contributed by atoms with Crippen LogP contribution >= 0.6 is 0 Å². The van der Waals surface area contributed by atoms with Crippen LogP contribution in [-0.4, -0.2) is 10.2 Å². The summed E-state index contributed by atoms with van der Waals surface area (Å²) in [4.78, 5) is 0. The van der Waals surface area contributed by atoms with Gasteiger partial charge in [0, 0.05) is 6.07 Å². The molecule has 2 aromatic carbocycles. The zero-order valence-corrected chi connectivity index (χ0v) is 15.1. The van der Waals surface area contributed by atoms with Crippen LogP contribution in [0.1, 0.15) is 37.6 Å². The standard InChI is InChI=1S/C22H20N2O2/c1-22(2,3)16-11-8-15(9-12-16)10-13-17-14-20-21(24-23-17)26-19-7-5-4-6-18(19)25-20/h4-14H,1-3H3. The third-order valence-electron chi connectivity index (χ3n) is 4.25. The zero-order chi connectivity index (χ0) is 18.1. The number of aromatic nitrogens is 2. The molecule has 1 aromatic heterocycles. The predicted octanol–water partition coefficient (Wildman–Crippen LogP) is 5.84. The molecule has 0 N–H and O–H groups in total. The molecular formula is C22H20N2O2. The Morgan fingerprint density at radius 3 is 2.15 bits per heavy atom. The molecule has 26 heavy (non-hydrogen) atoms. The Morgan fingerprint density at radius 2 is 1.46 bits per heavy atom. The van der Waals surface area contributed by atoms with Crippen LogP contribution in [0, 0.1) is 0 Å². The molecule has 0 atom stereocenters. The van der Waals surface area contributed by atoms with E-state index in [4.69, 9.17) is 9.47 Å². The summed E-state index contributed by atoms with van der Waals surface area (Å²) >= 11 is 0. The number of rotatable bonds is 2. The van der Waals surface area contributed by atoms with Crippen LogP contribution in [0.4, 0.5) is 0 Å². The van der Waals surface area contributed by atoms with Crippen LogP contribution in [0.15, 0.2) is 54.6 Å². The van der Waals surface area contributed by atoms with Crippen molar-refractivity contribution >= 4 is 12.2 Å². The molecule has 0 amide bonds. The van der Waals surface area contributed by atoms with Crippen molar-refractivity contribution in [2.45, 2.75) is 26.2 Å². The molecule has 2 heterocycles. The molecule has 0 aliphatic carbocycles. The third kappa shape index (κ3) is 3.31. The van der Waals surface area contributed by atoms with Crippen LogP contribution in [0.25, 0.3) is 12.2 Å². The maximum absolute atomic E-state index is 5.86. The van der Waals surface area contributed by atoms with Gasteiger partial charge in [-0.2, -0.15) is 0 Å². The first kappa shape index (κ1) is 16.3. The highest BCUT2D eigenvalue weighted by molar-refractivity contribution is 5.69. The maximum atomic E-state index is 5.86. The summed E-state index contributed by atoms with van der Waals surface area (Å²) in [6, 6.07) is 17.9. The number of hydrogen-bond acceptors (Lipinski definition) is 4. The molecule has 130 valence electrons. The largest absolute Gasteiger partial charge is 0.448 e. The molecule has 4 rings (SSSR count). The quantitative estimate of drug-likeness (QED) is 0.458. The van der Waals surface area contributed by atoms with E-state index in [2.05, 4.69) is 55.2 Å². The van der Waals surface area contributed by atoms with Gasteiger partial charge in [-0.3, -0.25) is 0 Å². The van der Waals surface area contributed by atoms with Gasteiger partial charge in [0.25, 0.3) is 5.88 Å². The van der Waals surface area contributed by atoms with Gasteiger partial charge in [0.1, 0.15) is 0 Å². The van der Waals surface area contributed by atoms with E-state index in [9.17, 15) is 0 Å². The number of benzene rings is 2. The third-order valence-corrected chi connectivity index (χ3v) is 4.25. The Morgan fingerprint density at radius 1 is 0.769 bits per heavy atom. The molecule has 4 heteroatoms. The van der Waals surface area contributed by atoms with Gasteiger partial charge in [-0.1, -0.05) is 63.2 Å². The van der Waals surface area contributed by atoms with E-state index in [1.165, 1.54) is 5.56 Å². The average Bonchev–Trinajstić information content (AvgIpc) is 2.64. The smallest absolute Gasteiger partial charge is 0.282 e. The van der Waals surface area contributed by atoms with Gasteiger partial charge in [-0.15, -0.1) is 10.2 Å². The lowest BCUT2D eigenvalue weighted by molar-refractivity contribution is 0.343. The van der Waals surface area contributed by atoms with Crippen LogP contribution in [0.3, 0.4) is 0 Å². The molecule has 0 spiro atoms. The topological polar surface area (TPSA) is 44.2 Å². The first-order valence-electron chi connectivity index (χ1n) is 8.60. The van der Waals surface area contributed by atoms with Crippen molar-refractivity contribution in [3.05, 3.63) is 71.4 Å². The van der Waals surface area contributed by atoms with Crippen LogP contribution in [0.5, 0.6) is 23.1 Å². The van der Waals surface area contributed by atoms with Gasteiger partial charge in [0.2, 0.25) is 0 Å². The van der Waals surface area contributed by atoms with E-state index in [-0.39, 0.29) is 5.41 Å². The SMILES string of the molecule is CC(C)(C)c1ccc(C=Cc2cc3c(nn2)Oc2ccccc2O3)cc1. The highest BCUT2D eigenvalue weighted by Crippen LogP contribution is 2.43. The van der Waals surface area contributed by atoms with Crippen molar-refractivity contribution in [2.24, 2.45) is 0 Å². The Balaban J connectivity index is 1.54. The van der Waals surface area contributed by atoms with E-state index in [0.29, 0.717) is 28.8 Å². The number of ether oxygens (including phenoxy) is 2. The first-order chi connectivity index (χ1) is 12.5. The lowest BCUT2D eigenvalue weighted by Gasteiger charge is -2.19. The normalized spacial score (nSPS) is 12.9. The summed E-state index contributed by atoms with van der Waals surface area (Å²) in [5.74, 6) is 2.29. The van der Waals surface area contributed by atoms with Gasteiger partial charge in [0.05, 0.1) is 5.69 Å². The van der Waals surface area contributed by atoms with E-state index in [1.54, 1.807) is 0 Å². The summed E-state index contributed by atoms with van der Waals surface area (Å²) in [5, 5.41) is 8.32. The zero-order valence-electron chi connectivity index (χ0n) is 15.1. The van der Waals surface area contributed by atoms with Crippen molar-refractivity contribution < 1.29 is 9.47 Å². The van der Waals surface area contributed by atoms with Crippen molar-refractivity contribution in [1.29, 1.82) is 0 Å². The molecule has 0 radical (unpaired) electrons. The second kappa shape index (κ2) is 6.30. The minimum absolute atomic E-state index is 0.153. The Bertz CT molecular complexity index is 970. The fourth-order valence-electron chi connectivity index (χ4n) is 2.72. The van der Waals surface area contributed by atoms with E-state index < -0.39 is 0 Å². The van der Waals surface area contributed by atoms with Crippen LogP contribution < -0.4 is 9.47 Å². The van der Waals surface area contributed by atoms with Gasteiger partial charge < -0.3 is 9.47 Å². The molecule has 4 nitrogen and oxygen atoms in total. The summed E-state index contributed by atoms with van der Waals surface area (Å²) in [6.45, 7) is 6.63. The summed E-state index contributed by atoms with van der Waals surface area (Å²) in [6.07, 6.45) is 3.93. The van der Waals surface area contributed by atoms with E-state index in [1.807, 2.05) is 42.5 Å².